The molecule has 0 unspecified atom stereocenters. The van der Waals surface area contributed by atoms with E-state index in [4.69, 9.17) is 5.73 Å². The van der Waals surface area contributed by atoms with Crippen LogP contribution in [0.25, 0.3) is 0 Å². The molecule has 3 N–H and O–H groups in total. The summed E-state index contributed by atoms with van der Waals surface area (Å²) in [5, 5.41) is 1.64. The monoisotopic (exact) mass is 154 g/mol. The lowest BCUT2D eigenvalue weighted by atomic mass is 10.00. The Morgan fingerprint density at radius 3 is 2.10 bits per heavy atom. The van der Waals surface area contributed by atoms with Gasteiger partial charge in [0.2, 0.25) is 5.91 Å². The van der Waals surface area contributed by atoms with Crippen molar-refractivity contribution in [2.75, 3.05) is 0 Å². The number of hydrogen-bond acceptors (Lipinski definition) is 2. The summed E-state index contributed by atoms with van der Waals surface area (Å²) in [5.41, 5.74) is 4.82. The molecule has 1 rings (SSSR count). The fourth-order valence-corrected chi connectivity index (χ4v) is 0.680. The van der Waals surface area contributed by atoms with E-state index in [-0.39, 0.29) is 0 Å². The number of nitrogens with one attached hydrogen (secondary N) is 1. The van der Waals surface area contributed by atoms with Crippen LogP contribution in [0.3, 0.4) is 0 Å². The molecule has 1 aliphatic heterocycles. The smallest absolute Gasteiger partial charge is 0.341 e. The van der Waals surface area contributed by atoms with Crippen molar-refractivity contribution >= 4 is 5.91 Å². The second-order valence-corrected chi connectivity index (χ2v) is 2.05. The molecule has 0 aromatic rings. The van der Waals surface area contributed by atoms with Gasteiger partial charge >= 0.3 is 6.18 Å². The van der Waals surface area contributed by atoms with E-state index in [0.29, 0.717) is 0 Å². The molecule has 58 valence electrons. The van der Waals surface area contributed by atoms with Crippen LogP contribution >= 0.6 is 0 Å². The second kappa shape index (κ2) is 1.85. The van der Waals surface area contributed by atoms with E-state index in [1.807, 2.05) is 0 Å². The molecule has 3 nitrogen and oxygen atoms in total. The van der Waals surface area contributed by atoms with Gasteiger partial charge in [-0.1, -0.05) is 0 Å². The Morgan fingerprint density at radius 2 is 2.00 bits per heavy atom. The highest BCUT2D eigenvalue weighted by atomic mass is 19.4. The molecule has 0 saturated carbocycles. The molecule has 0 spiro atoms. The fourth-order valence-electron chi connectivity index (χ4n) is 0.680. The predicted molar refractivity (Wildman–Crippen MR) is 26.0 cm³/mol. The van der Waals surface area contributed by atoms with Crippen LogP contribution in [0.1, 0.15) is 0 Å². The minimum Gasteiger partial charge on any atom is -0.341 e. The lowest BCUT2D eigenvalue weighted by Gasteiger charge is -2.34. The van der Waals surface area contributed by atoms with E-state index in [1.54, 1.807) is 5.32 Å². The standard InChI is InChI=1S/C4H5F3N2O/c5-4(6,7)2-1(8)3(10)9-2/h1-2H,8H2,(H,9,10)/t1-,2+/m1/s1. The number of carbonyl (C=O) groups excluding carboxylic acids is 1. The fraction of sp³-hybridized carbons (Fsp3) is 0.750. The molecule has 1 amide bonds. The Bertz CT molecular complexity index is 166. The van der Waals surface area contributed by atoms with Gasteiger partial charge in [0.15, 0.2) is 0 Å². The molecular formula is C4H5F3N2O. The number of alkyl halides is 3. The normalized spacial score (nSPS) is 33.0. The number of rotatable bonds is 0. The number of carbonyl (C=O) groups is 1. The van der Waals surface area contributed by atoms with Gasteiger partial charge in [0.1, 0.15) is 12.1 Å². The van der Waals surface area contributed by atoms with Crippen molar-refractivity contribution in [1.29, 1.82) is 0 Å². The summed E-state index contributed by atoms with van der Waals surface area (Å²) >= 11 is 0. The van der Waals surface area contributed by atoms with Crippen molar-refractivity contribution < 1.29 is 18.0 Å². The summed E-state index contributed by atoms with van der Waals surface area (Å²) in [4.78, 5) is 10.2. The van der Waals surface area contributed by atoms with Gasteiger partial charge in [0.05, 0.1) is 0 Å². The quantitative estimate of drug-likeness (QED) is 0.456. The number of amides is 1. The molecule has 1 saturated heterocycles. The Morgan fingerprint density at radius 1 is 1.50 bits per heavy atom. The zero-order valence-electron chi connectivity index (χ0n) is 4.77. The van der Waals surface area contributed by atoms with E-state index in [2.05, 4.69) is 0 Å². The number of nitrogens with two attached hydrogens (primary N) is 1. The van der Waals surface area contributed by atoms with Crippen molar-refractivity contribution in [2.24, 2.45) is 5.73 Å². The third-order valence-corrected chi connectivity index (χ3v) is 1.31. The third kappa shape index (κ3) is 0.942. The molecule has 10 heavy (non-hydrogen) atoms. The first kappa shape index (κ1) is 7.33. The molecule has 0 aromatic carbocycles. The summed E-state index contributed by atoms with van der Waals surface area (Å²) in [6.07, 6.45) is -4.41. The van der Waals surface area contributed by atoms with Gasteiger partial charge in [0.25, 0.3) is 0 Å². The average molecular weight is 154 g/mol. The van der Waals surface area contributed by atoms with Crippen LogP contribution in [0, 0.1) is 0 Å². The third-order valence-electron chi connectivity index (χ3n) is 1.31. The summed E-state index contributed by atoms with van der Waals surface area (Å²) in [6.45, 7) is 0. The van der Waals surface area contributed by atoms with Crippen molar-refractivity contribution in [2.45, 2.75) is 18.3 Å². The predicted octanol–water partition coefficient (Wildman–Crippen LogP) is -0.626. The molecule has 0 aliphatic carbocycles. The Balaban J connectivity index is 2.56. The first-order valence-electron chi connectivity index (χ1n) is 2.55. The topological polar surface area (TPSA) is 55.1 Å². The lowest BCUT2D eigenvalue weighted by Crippen LogP contribution is -2.71. The number of β-lactam (4-membered cyclic amide) rings is 1. The maximum atomic E-state index is 11.6. The van der Waals surface area contributed by atoms with E-state index in [0.717, 1.165) is 0 Å². The average Bonchev–Trinajstić information content (AvgIpc) is 1.79. The molecular weight excluding hydrogens is 149 g/mol. The molecule has 0 radical (unpaired) electrons. The van der Waals surface area contributed by atoms with Crippen molar-refractivity contribution in [1.82, 2.24) is 5.32 Å². The van der Waals surface area contributed by atoms with E-state index >= 15 is 0 Å². The van der Waals surface area contributed by atoms with Crippen molar-refractivity contribution in [3.63, 3.8) is 0 Å². The number of hydrogen-bond donors (Lipinski definition) is 2. The van der Waals surface area contributed by atoms with Gasteiger partial charge in [-0.05, 0) is 0 Å². The van der Waals surface area contributed by atoms with Gasteiger partial charge in [-0.3, -0.25) is 4.79 Å². The van der Waals surface area contributed by atoms with Gasteiger partial charge in [0, 0.05) is 0 Å². The zero-order chi connectivity index (χ0) is 7.94. The second-order valence-electron chi connectivity index (χ2n) is 2.05. The lowest BCUT2D eigenvalue weighted by molar-refractivity contribution is -0.184. The molecule has 0 aromatic heterocycles. The maximum Gasteiger partial charge on any atom is 0.410 e. The van der Waals surface area contributed by atoms with Crippen LogP contribution in [-0.2, 0) is 4.79 Å². The Labute approximate surface area is 54.4 Å². The van der Waals surface area contributed by atoms with Crippen molar-refractivity contribution in [3.8, 4) is 0 Å². The molecule has 1 fully saturated rings. The van der Waals surface area contributed by atoms with Gasteiger partial charge in [-0.15, -0.1) is 0 Å². The van der Waals surface area contributed by atoms with Crippen LogP contribution in [0.4, 0.5) is 13.2 Å². The van der Waals surface area contributed by atoms with Crippen molar-refractivity contribution in [3.05, 3.63) is 0 Å². The minimum absolute atomic E-state index is 0.748. The summed E-state index contributed by atoms with van der Waals surface area (Å²) in [5.74, 6) is -0.748. The van der Waals surface area contributed by atoms with E-state index in [9.17, 15) is 18.0 Å². The highest BCUT2D eigenvalue weighted by molar-refractivity contribution is 5.89. The molecule has 0 bridgehead atoms. The highest BCUT2D eigenvalue weighted by Crippen LogP contribution is 2.25. The van der Waals surface area contributed by atoms with Crippen LogP contribution in [0.2, 0.25) is 0 Å². The molecule has 2 atom stereocenters. The summed E-state index contributed by atoms with van der Waals surface area (Å²) in [6, 6.07) is -3.26. The van der Waals surface area contributed by atoms with Gasteiger partial charge in [-0.2, -0.15) is 13.2 Å². The molecule has 1 heterocycles. The van der Waals surface area contributed by atoms with Crippen LogP contribution < -0.4 is 11.1 Å². The first-order chi connectivity index (χ1) is 4.43. The summed E-state index contributed by atoms with van der Waals surface area (Å²) < 4.78 is 34.9. The van der Waals surface area contributed by atoms with Crippen LogP contribution in [0.15, 0.2) is 0 Å². The molecule has 6 heteroatoms. The van der Waals surface area contributed by atoms with Gasteiger partial charge < -0.3 is 11.1 Å². The Hall–Kier alpha value is -0.780. The largest absolute Gasteiger partial charge is 0.410 e. The van der Waals surface area contributed by atoms with Crippen LogP contribution in [0.5, 0.6) is 0 Å². The first-order valence-corrected chi connectivity index (χ1v) is 2.55. The molecule has 1 aliphatic rings. The van der Waals surface area contributed by atoms with Gasteiger partial charge in [-0.25, -0.2) is 0 Å². The zero-order valence-corrected chi connectivity index (χ0v) is 4.77. The van der Waals surface area contributed by atoms with E-state index < -0.39 is 24.2 Å². The van der Waals surface area contributed by atoms with Crippen LogP contribution in [-0.4, -0.2) is 24.2 Å². The maximum absolute atomic E-state index is 11.6. The Kier molecular flexibility index (Phi) is 1.36. The summed E-state index contributed by atoms with van der Waals surface area (Å²) in [7, 11) is 0. The van der Waals surface area contributed by atoms with E-state index in [1.165, 1.54) is 0 Å². The SMILES string of the molecule is N[C@H]1C(=O)N[C@@H]1C(F)(F)F. The minimum atomic E-state index is -4.41. The number of halogens is 3. The highest BCUT2D eigenvalue weighted by Gasteiger charge is 2.53.